The van der Waals surface area contributed by atoms with E-state index in [4.69, 9.17) is 0 Å². The van der Waals surface area contributed by atoms with Crippen molar-refractivity contribution in [2.45, 2.75) is 55.7 Å². The molecule has 0 aromatic rings. The van der Waals surface area contributed by atoms with E-state index in [0.717, 1.165) is 6.08 Å². The van der Waals surface area contributed by atoms with Gasteiger partial charge in [-0.05, 0) is 38.2 Å². The molecule has 1 saturated carbocycles. The van der Waals surface area contributed by atoms with E-state index in [9.17, 15) is 39.6 Å². The number of hydrogen-bond donors (Lipinski definition) is 1. The van der Waals surface area contributed by atoms with Crippen molar-refractivity contribution < 1.29 is 39.6 Å². The van der Waals surface area contributed by atoms with Crippen LogP contribution in [0.2, 0.25) is 0 Å². The van der Waals surface area contributed by atoms with Crippen molar-refractivity contribution >= 4 is 15.7 Å². The van der Waals surface area contributed by atoms with Crippen molar-refractivity contribution in [3.05, 3.63) is 23.1 Å². The van der Waals surface area contributed by atoms with Crippen LogP contribution in [-0.2, 0) is 14.6 Å². The number of sulfone groups is 1. The largest absolute Gasteiger partial charge is 0.395 e. The number of nitrogens with one attached hydrogen (secondary N) is 1. The van der Waals surface area contributed by atoms with Gasteiger partial charge in [-0.3, -0.25) is 4.79 Å². The molecule has 0 radical (unpaired) electrons. The smallest absolute Gasteiger partial charge is 0.342 e. The average Bonchev–Trinajstić information content (AvgIpc) is 2.65. The lowest BCUT2D eigenvalue weighted by molar-refractivity contribution is -0.186. The summed E-state index contributed by atoms with van der Waals surface area (Å²) in [7, 11) is -3.90. The summed E-state index contributed by atoms with van der Waals surface area (Å²) >= 11 is 0. The first-order chi connectivity index (χ1) is 14.3. The maximum absolute atomic E-state index is 12.9. The van der Waals surface area contributed by atoms with Gasteiger partial charge in [0.15, 0.2) is 9.84 Å². The van der Waals surface area contributed by atoms with E-state index < -0.39 is 39.3 Å². The number of amides is 1. The molecule has 1 unspecified atom stereocenters. The SMILES string of the molecule is O=C(CNC1CC(S(=O)(=O)C2=CC(C(F)(F)F)CC=C2)C1)N1CCC(C(F)(F)F)CC1. The van der Waals surface area contributed by atoms with Crippen molar-refractivity contribution in [1.29, 1.82) is 0 Å². The van der Waals surface area contributed by atoms with Crippen LogP contribution in [0, 0.1) is 11.8 Å². The van der Waals surface area contributed by atoms with Gasteiger partial charge in [-0.25, -0.2) is 8.42 Å². The van der Waals surface area contributed by atoms with Crippen molar-refractivity contribution in [2.75, 3.05) is 19.6 Å². The molecule has 1 N–H and O–H groups in total. The second kappa shape index (κ2) is 8.76. The maximum Gasteiger partial charge on any atom is 0.395 e. The molecule has 12 heteroatoms. The number of halogens is 6. The number of likely N-dealkylation sites (tertiary alicyclic amines) is 1. The average molecular weight is 474 g/mol. The molecule has 2 aliphatic carbocycles. The fraction of sp³-hybridized carbons (Fsp3) is 0.737. The first-order valence-electron chi connectivity index (χ1n) is 10.1. The summed E-state index contributed by atoms with van der Waals surface area (Å²) in [5.41, 5.74) is 0. The third-order valence-electron chi connectivity index (χ3n) is 6.17. The summed E-state index contributed by atoms with van der Waals surface area (Å²) in [6.45, 7) is -0.0761. The van der Waals surface area contributed by atoms with E-state index >= 15 is 0 Å². The highest BCUT2D eigenvalue weighted by Crippen LogP contribution is 2.38. The molecular formula is C19H24F6N2O3S. The van der Waals surface area contributed by atoms with Crippen molar-refractivity contribution in [3.63, 3.8) is 0 Å². The minimum atomic E-state index is -4.51. The van der Waals surface area contributed by atoms with Crippen LogP contribution >= 0.6 is 0 Å². The van der Waals surface area contributed by atoms with Crippen LogP contribution < -0.4 is 5.32 Å². The lowest BCUT2D eigenvalue weighted by atomic mass is 9.92. The predicted octanol–water partition coefficient (Wildman–Crippen LogP) is 3.35. The Morgan fingerprint density at radius 2 is 1.68 bits per heavy atom. The zero-order chi connectivity index (χ0) is 23.0. The van der Waals surface area contributed by atoms with Crippen LogP contribution in [0.1, 0.15) is 32.1 Å². The van der Waals surface area contributed by atoms with Crippen molar-refractivity contribution in [2.24, 2.45) is 11.8 Å². The maximum atomic E-state index is 12.9. The van der Waals surface area contributed by atoms with Crippen molar-refractivity contribution in [1.82, 2.24) is 10.2 Å². The molecule has 176 valence electrons. The van der Waals surface area contributed by atoms with Gasteiger partial charge in [0.1, 0.15) is 0 Å². The predicted molar refractivity (Wildman–Crippen MR) is 100 cm³/mol. The van der Waals surface area contributed by atoms with Crippen LogP contribution in [0.25, 0.3) is 0 Å². The first kappa shape index (κ1) is 24.1. The van der Waals surface area contributed by atoms with Crippen LogP contribution in [-0.4, -0.2) is 62.5 Å². The number of alkyl halides is 6. The van der Waals surface area contributed by atoms with Gasteiger partial charge < -0.3 is 10.2 Å². The molecule has 0 aromatic heterocycles. The van der Waals surface area contributed by atoms with E-state index in [2.05, 4.69) is 5.32 Å². The lowest BCUT2D eigenvalue weighted by Crippen LogP contribution is -2.52. The zero-order valence-corrected chi connectivity index (χ0v) is 17.4. The summed E-state index contributed by atoms with van der Waals surface area (Å²) in [6, 6.07) is -0.289. The van der Waals surface area contributed by atoms with Gasteiger partial charge >= 0.3 is 12.4 Å². The second-order valence-electron chi connectivity index (χ2n) is 8.27. The van der Waals surface area contributed by atoms with E-state index in [1.165, 1.54) is 17.1 Å². The van der Waals surface area contributed by atoms with E-state index in [1.807, 2.05) is 0 Å². The molecule has 3 rings (SSSR count). The Labute approximate surface area is 176 Å². The Bertz CT molecular complexity index is 836. The molecule has 1 heterocycles. The normalized spacial score (nSPS) is 28.3. The third-order valence-corrected chi connectivity index (χ3v) is 8.36. The minimum Gasteiger partial charge on any atom is -0.342 e. The van der Waals surface area contributed by atoms with Gasteiger partial charge in [0.25, 0.3) is 0 Å². The second-order valence-corrected chi connectivity index (χ2v) is 10.5. The highest BCUT2D eigenvalue weighted by molar-refractivity contribution is 7.96. The summed E-state index contributed by atoms with van der Waals surface area (Å²) in [5, 5.41) is 2.07. The van der Waals surface area contributed by atoms with Gasteiger partial charge in [0, 0.05) is 19.1 Å². The third kappa shape index (κ3) is 5.63. The molecule has 0 bridgehead atoms. The Morgan fingerprint density at radius 1 is 1.06 bits per heavy atom. The Balaban J connectivity index is 1.45. The fourth-order valence-electron chi connectivity index (χ4n) is 4.05. The molecule has 1 aliphatic heterocycles. The summed E-state index contributed by atoms with van der Waals surface area (Å²) in [4.78, 5) is 13.2. The van der Waals surface area contributed by atoms with Crippen LogP contribution in [0.5, 0.6) is 0 Å². The number of carbonyl (C=O) groups excluding carboxylic acids is 1. The van der Waals surface area contributed by atoms with E-state index in [1.54, 1.807) is 0 Å². The molecule has 31 heavy (non-hydrogen) atoms. The monoisotopic (exact) mass is 474 g/mol. The molecule has 1 saturated heterocycles. The number of piperidine rings is 1. The standard InChI is InChI=1S/C19H24F6N2O3S/c20-18(21,22)12-4-6-27(7-5-12)17(28)11-26-14-9-16(10-14)31(29,30)15-3-1-2-13(8-15)19(23,24)25/h1,3,8,12-14,16,26H,2,4-7,9-11H2. The molecule has 0 aromatic carbocycles. The number of allylic oxidation sites excluding steroid dienone is 3. The van der Waals surface area contributed by atoms with Gasteiger partial charge in [-0.1, -0.05) is 12.2 Å². The molecule has 1 atom stereocenters. The van der Waals surface area contributed by atoms with E-state index in [0.29, 0.717) is 0 Å². The topological polar surface area (TPSA) is 66.5 Å². The lowest BCUT2D eigenvalue weighted by Gasteiger charge is -2.37. The van der Waals surface area contributed by atoms with Gasteiger partial charge in [0.2, 0.25) is 5.91 Å². The first-order valence-corrected chi connectivity index (χ1v) is 11.6. The summed E-state index contributed by atoms with van der Waals surface area (Å²) in [5.74, 6) is -3.57. The molecule has 1 amide bonds. The minimum absolute atomic E-state index is 0.0211. The quantitative estimate of drug-likeness (QED) is 0.621. The van der Waals surface area contributed by atoms with Crippen molar-refractivity contribution in [3.8, 4) is 0 Å². The van der Waals surface area contributed by atoms with Gasteiger partial charge in [0.05, 0.1) is 28.5 Å². The molecule has 2 fully saturated rings. The molecule has 3 aliphatic rings. The van der Waals surface area contributed by atoms with Gasteiger partial charge in [-0.15, -0.1) is 0 Å². The number of nitrogens with zero attached hydrogens (tertiary/aromatic N) is 1. The Kier molecular flexibility index (Phi) is 6.81. The number of carbonyl (C=O) groups is 1. The molecular weight excluding hydrogens is 450 g/mol. The summed E-state index contributed by atoms with van der Waals surface area (Å²) in [6.07, 6.45) is -5.86. The van der Waals surface area contributed by atoms with Crippen LogP contribution in [0.3, 0.4) is 0 Å². The summed E-state index contributed by atoms with van der Waals surface area (Å²) < 4.78 is 102. The molecule has 0 spiro atoms. The van der Waals surface area contributed by atoms with E-state index in [-0.39, 0.29) is 68.6 Å². The zero-order valence-electron chi connectivity index (χ0n) is 16.5. The fourth-order valence-corrected chi connectivity index (χ4v) is 6.04. The highest BCUT2D eigenvalue weighted by Gasteiger charge is 2.44. The molecule has 5 nitrogen and oxygen atoms in total. The van der Waals surface area contributed by atoms with Crippen LogP contribution in [0.4, 0.5) is 26.3 Å². The Hall–Kier alpha value is -1.56. The van der Waals surface area contributed by atoms with Gasteiger partial charge in [-0.2, -0.15) is 26.3 Å². The highest BCUT2D eigenvalue weighted by atomic mass is 32.2. The number of rotatable bonds is 5. The number of hydrogen-bond acceptors (Lipinski definition) is 4. The van der Waals surface area contributed by atoms with Crippen LogP contribution in [0.15, 0.2) is 23.1 Å². The Morgan fingerprint density at radius 3 is 2.23 bits per heavy atom.